The number of hydrogen-bond donors (Lipinski definition) is 2. The molecule has 2 N–H and O–H groups in total. The average molecular weight is 380 g/mol. The minimum atomic E-state index is -3.54. The summed E-state index contributed by atoms with van der Waals surface area (Å²) in [7, 11) is -3.54. The van der Waals surface area contributed by atoms with Crippen LogP contribution in [0.1, 0.15) is 38.2 Å². The van der Waals surface area contributed by atoms with E-state index in [4.69, 9.17) is 0 Å². The number of sulfonamides is 1. The van der Waals surface area contributed by atoms with E-state index >= 15 is 0 Å². The monoisotopic (exact) mass is 379 g/mol. The van der Waals surface area contributed by atoms with Gasteiger partial charge >= 0.3 is 0 Å². The number of nitrogens with one attached hydrogen (secondary N) is 2. The first-order chi connectivity index (χ1) is 12.5. The van der Waals surface area contributed by atoms with Gasteiger partial charge < -0.3 is 5.32 Å². The van der Waals surface area contributed by atoms with E-state index in [1.54, 1.807) is 0 Å². The molecule has 0 spiro atoms. The molecule has 1 amide bonds. The van der Waals surface area contributed by atoms with Crippen molar-refractivity contribution in [1.82, 2.24) is 14.9 Å². The highest BCUT2D eigenvalue weighted by Gasteiger charge is 2.17. The Bertz CT molecular complexity index is 689. The third-order valence-corrected chi connectivity index (χ3v) is 5.66. The highest BCUT2D eigenvalue weighted by Crippen LogP contribution is 2.15. The maximum Gasteiger partial charge on any atom is 0.233 e. The van der Waals surface area contributed by atoms with E-state index in [0.29, 0.717) is 12.6 Å². The fraction of sp³-hybridized carbons (Fsp3) is 0.526. The van der Waals surface area contributed by atoms with Gasteiger partial charge in [-0.3, -0.25) is 9.69 Å². The first-order valence-electron chi connectivity index (χ1n) is 9.20. The van der Waals surface area contributed by atoms with Crippen LogP contribution >= 0.6 is 0 Å². The van der Waals surface area contributed by atoms with Crippen LogP contribution in [0.3, 0.4) is 0 Å². The van der Waals surface area contributed by atoms with Gasteiger partial charge in [0.05, 0.1) is 0 Å². The van der Waals surface area contributed by atoms with Crippen LogP contribution < -0.4 is 10.0 Å². The molecule has 2 rings (SSSR count). The van der Waals surface area contributed by atoms with Crippen LogP contribution in [0.25, 0.3) is 6.08 Å². The average Bonchev–Trinajstić information content (AvgIpc) is 2.62. The van der Waals surface area contributed by atoms with Crippen molar-refractivity contribution in [2.45, 2.75) is 38.6 Å². The molecule has 1 unspecified atom stereocenters. The number of piperidine rings is 1. The van der Waals surface area contributed by atoms with Gasteiger partial charge in [0.25, 0.3) is 0 Å². The van der Waals surface area contributed by atoms with Gasteiger partial charge in [-0.1, -0.05) is 36.8 Å². The molecule has 0 aromatic heterocycles. The van der Waals surface area contributed by atoms with E-state index in [1.165, 1.54) is 25.3 Å². The summed E-state index contributed by atoms with van der Waals surface area (Å²) in [6.07, 6.45) is 5.38. The Morgan fingerprint density at radius 3 is 2.73 bits per heavy atom. The summed E-state index contributed by atoms with van der Waals surface area (Å²) in [6, 6.07) is 9.77. The first-order valence-corrected chi connectivity index (χ1v) is 10.7. The minimum Gasteiger partial charge on any atom is -0.355 e. The number of rotatable bonds is 9. The van der Waals surface area contributed by atoms with Crippen molar-refractivity contribution in [2.75, 3.05) is 26.2 Å². The Labute approximate surface area is 156 Å². The lowest BCUT2D eigenvalue weighted by Gasteiger charge is -2.33. The summed E-state index contributed by atoms with van der Waals surface area (Å²) in [5.74, 6) is -0.135. The zero-order valence-electron chi connectivity index (χ0n) is 15.4. The van der Waals surface area contributed by atoms with Gasteiger partial charge in [-0.25, -0.2) is 13.1 Å². The van der Waals surface area contributed by atoms with Crippen LogP contribution in [0.4, 0.5) is 0 Å². The van der Waals surface area contributed by atoms with Crippen LogP contribution in [0.2, 0.25) is 0 Å². The number of carbonyl (C=O) groups is 1. The first kappa shape index (κ1) is 20.6. The molecule has 1 aliphatic rings. The smallest absolute Gasteiger partial charge is 0.233 e. The molecule has 1 atom stereocenters. The molecule has 0 aliphatic carbocycles. The Balaban J connectivity index is 1.63. The second-order valence-electron chi connectivity index (χ2n) is 6.63. The van der Waals surface area contributed by atoms with Crippen molar-refractivity contribution < 1.29 is 13.2 Å². The SMILES string of the molecule is CC1CCCCN1CCNC(=O)CCNS(=O)(=O)C=Cc1ccccc1. The molecule has 7 heteroatoms. The molecule has 6 nitrogen and oxygen atoms in total. The predicted molar refractivity (Wildman–Crippen MR) is 105 cm³/mol. The van der Waals surface area contributed by atoms with Gasteiger partial charge in [-0.05, 0) is 37.9 Å². The van der Waals surface area contributed by atoms with E-state index in [1.807, 2.05) is 30.3 Å². The highest BCUT2D eigenvalue weighted by atomic mass is 32.2. The zero-order valence-corrected chi connectivity index (χ0v) is 16.2. The summed E-state index contributed by atoms with van der Waals surface area (Å²) < 4.78 is 26.2. The van der Waals surface area contributed by atoms with Gasteiger partial charge in [0, 0.05) is 37.5 Å². The molecule has 0 radical (unpaired) electrons. The number of benzene rings is 1. The molecule has 144 valence electrons. The molecule has 0 bridgehead atoms. The quantitative estimate of drug-likeness (QED) is 0.687. The number of carbonyl (C=O) groups excluding carboxylic acids is 1. The third-order valence-electron chi connectivity index (χ3n) is 4.56. The molecule has 0 saturated carbocycles. The molecule has 1 aromatic rings. The lowest BCUT2D eigenvalue weighted by Crippen LogP contribution is -2.42. The lowest BCUT2D eigenvalue weighted by molar-refractivity contribution is -0.121. The Morgan fingerprint density at radius 1 is 1.23 bits per heavy atom. The molecule has 1 heterocycles. The molecule has 1 fully saturated rings. The Hall–Kier alpha value is -1.70. The van der Waals surface area contributed by atoms with Crippen LogP contribution in [-0.4, -0.2) is 51.4 Å². The fourth-order valence-corrected chi connectivity index (χ4v) is 3.82. The standard InChI is InChI=1S/C19H29N3O3S/c1-17-7-5-6-14-22(17)15-13-20-19(23)10-12-21-26(24,25)16-11-18-8-3-2-4-9-18/h2-4,8-9,11,16-17,21H,5-7,10,12-15H2,1H3,(H,20,23). The fourth-order valence-electron chi connectivity index (χ4n) is 3.00. The van der Waals surface area contributed by atoms with Gasteiger partial charge in [0.15, 0.2) is 0 Å². The summed E-state index contributed by atoms with van der Waals surface area (Å²) in [5.41, 5.74) is 0.808. The lowest BCUT2D eigenvalue weighted by atomic mass is 10.0. The van der Waals surface area contributed by atoms with Crippen LogP contribution in [0.5, 0.6) is 0 Å². The number of nitrogens with zero attached hydrogens (tertiary/aromatic N) is 1. The van der Waals surface area contributed by atoms with E-state index in [0.717, 1.165) is 24.1 Å². The van der Waals surface area contributed by atoms with Crippen LogP contribution in [0.15, 0.2) is 35.7 Å². The highest BCUT2D eigenvalue weighted by molar-refractivity contribution is 7.92. The maximum atomic E-state index is 11.9. The summed E-state index contributed by atoms with van der Waals surface area (Å²) in [5, 5.41) is 3.98. The second-order valence-corrected chi connectivity index (χ2v) is 8.28. The predicted octanol–water partition coefficient (Wildman–Crippen LogP) is 1.96. The number of likely N-dealkylation sites (tertiary alicyclic amines) is 1. The number of hydrogen-bond acceptors (Lipinski definition) is 4. The van der Waals surface area contributed by atoms with Crippen molar-refractivity contribution in [1.29, 1.82) is 0 Å². The van der Waals surface area contributed by atoms with Gasteiger partial charge in [0.1, 0.15) is 0 Å². The van der Waals surface area contributed by atoms with Crippen molar-refractivity contribution >= 4 is 22.0 Å². The molecule has 1 aromatic carbocycles. The van der Waals surface area contributed by atoms with E-state index < -0.39 is 10.0 Å². The third kappa shape index (κ3) is 7.68. The van der Waals surface area contributed by atoms with E-state index in [2.05, 4.69) is 21.9 Å². The summed E-state index contributed by atoms with van der Waals surface area (Å²) in [4.78, 5) is 14.2. The molecule has 26 heavy (non-hydrogen) atoms. The van der Waals surface area contributed by atoms with E-state index in [9.17, 15) is 13.2 Å². The zero-order chi connectivity index (χ0) is 18.8. The second kappa shape index (κ2) is 10.4. The van der Waals surface area contributed by atoms with Gasteiger partial charge in [-0.2, -0.15) is 0 Å². The van der Waals surface area contributed by atoms with Crippen molar-refractivity contribution in [2.24, 2.45) is 0 Å². The molecule has 1 saturated heterocycles. The largest absolute Gasteiger partial charge is 0.355 e. The van der Waals surface area contributed by atoms with Crippen molar-refractivity contribution in [3.8, 4) is 0 Å². The number of amides is 1. The van der Waals surface area contributed by atoms with Crippen molar-refractivity contribution in [3.05, 3.63) is 41.3 Å². The van der Waals surface area contributed by atoms with Crippen LogP contribution in [-0.2, 0) is 14.8 Å². The van der Waals surface area contributed by atoms with Gasteiger partial charge in [0.2, 0.25) is 15.9 Å². The minimum absolute atomic E-state index is 0.0907. The summed E-state index contributed by atoms with van der Waals surface area (Å²) in [6.45, 7) is 4.85. The van der Waals surface area contributed by atoms with Gasteiger partial charge in [-0.15, -0.1) is 0 Å². The van der Waals surface area contributed by atoms with Crippen LogP contribution in [0, 0.1) is 0 Å². The van der Waals surface area contributed by atoms with E-state index in [-0.39, 0.29) is 18.9 Å². The molecular formula is C19H29N3O3S. The normalized spacial score (nSPS) is 18.9. The Morgan fingerprint density at radius 2 is 2.00 bits per heavy atom. The Kier molecular flexibility index (Phi) is 8.28. The van der Waals surface area contributed by atoms with Crippen molar-refractivity contribution in [3.63, 3.8) is 0 Å². The topological polar surface area (TPSA) is 78.5 Å². The summed E-state index contributed by atoms with van der Waals surface area (Å²) >= 11 is 0. The molecule has 1 aliphatic heterocycles. The molecular weight excluding hydrogens is 350 g/mol. The maximum absolute atomic E-state index is 11.9.